The van der Waals surface area contributed by atoms with Crippen molar-refractivity contribution in [1.82, 2.24) is 14.2 Å². The third-order valence-corrected chi connectivity index (χ3v) is 11.0. The van der Waals surface area contributed by atoms with Gasteiger partial charge in [-0.1, -0.05) is 25.0 Å². The molecule has 6 atom stereocenters. The summed E-state index contributed by atoms with van der Waals surface area (Å²) in [5.41, 5.74) is 0. The molecule has 0 spiro atoms. The van der Waals surface area contributed by atoms with Gasteiger partial charge in [0, 0.05) is 44.7 Å². The minimum atomic E-state index is 0.0314. The highest BCUT2D eigenvalue weighted by Gasteiger charge is 2.60. The molecule has 3 aliphatic carbocycles. The lowest BCUT2D eigenvalue weighted by Crippen LogP contribution is -2.48. The largest absolute Gasteiger partial charge is 0.353 e. The minimum Gasteiger partial charge on any atom is -0.353 e. The molecule has 0 N–H and O–H groups in total. The molecule has 1 aromatic carbocycles. The average Bonchev–Trinajstić information content (AvgIpc) is 3.64. The van der Waals surface area contributed by atoms with Crippen molar-refractivity contribution in [2.24, 2.45) is 35.5 Å². The summed E-state index contributed by atoms with van der Waals surface area (Å²) < 4.78 is 6.04. The molecular formula is C29H38N4O2S. The predicted octanol–water partition coefficient (Wildman–Crippen LogP) is 4.65. The monoisotopic (exact) mass is 506 g/mol. The Morgan fingerprint density at radius 1 is 0.806 bits per heavy atom. The molecule has 5 aliphatic rings. The van der Waals surface area contributed by atoms with E-state index in [1.807, 2.05) is 0 Å². The van der Waals surface area contributed by atoms with Gasteiger partial charge in [-0.2, -0.15) is 4.37 Å². The maximum Gasteiger partial charge on any atom is 0.233 e. The van der Waals surface area contributed by atoms with E-state index in [0.29, 0.717) is 30.2 Å². The number of rotatable bonds is 5. The molecule has 1 aromatic heterocycles. The van der Waals surface area contributed by atoms with E-state index in [0.717, 1.165) is 64.2 Å². The predicted molar refractivity (Wildman–Crippen MR) is 143 cm³/mol. The van der Waals surface area contributed by atoms with Gasteiger partial charge in [-0.25, -0.2) is 0 Å². The molecule has 2 aromatic rings. The van der Waals surface area contributed by atoms with Crippen LogP contribution in [0.1, 0.15) is 51.4 Å². The van der Waals surface area contributed by atoms with Crippen LogP contribution in [0.3, 0.4) is 0 Å². The second-order valence-corrected chi connectivity index (χ2v) is 13.0. The molecule has 2 amide bonds. The van der Waals surface area contributed by atoms with E-state index < -0.39 is 0 Å². The van der Waals surface area contributed by atoms with E-state index >= 15 is 0 Å². The van der Waals surface area contributed by atoms with Crippen molar-refractivity contribution < 1.29 is 9.59 Å². The van der Waals surface area contributed by atoms with Crippen LogP contribution in [0.25, 0.3) is 10.1 Å². The SMILES string of the molecule is O=C1[C@@H]2[C@H]3CC[C@@H](C3)[C@@H]2C(=O)N1C[C@@H]1CCCC[C@@H](CN2CCN(c3nsc4ccccc34)CC2)C1. The summed E-state index contributed by atoms with van der Waals surface area (Å²) in [7, 11) is 0. The highest BCUT2D eigenvalue weighted by atomic mass is 32.1. The van der Waals surface area contributed by atoms with E-state index in [1.165, 1.54) is 35.8 Å². The van der Waals surface area contributed by atoms with E-state index in [-0.39, 0.29) is 23.7 Å². The quantitative estimate of drug-likeness (QED) is 0.437. The van der Waals surface area contributed by atoms with Crippen molar-refractivity contribution in [3.63, 3.8) is 0 Å². The van der Waals surface area contributed by atoms with Gasteiger partial charge < -0.3 is 4.90 Å². The fraction of sp³-hybridized carbons (Fsp3) is 0.690. The van der Waals surface area contributed by atoms with Gasteiger partial charge in [0.1, 0.15) is 5.82 Å². The second kappa shape index (κ2) is 9.39. The number of anilines is 1. The lowest BCUT2D eigenvalue weighted by molar-refractivity contribution is -0.141. The lowest BCUT2D eigenvalue weighted by Gasteiger charge is -2.37. The number of amides is 2. The van der Waals surface area contributed by atoms with Crippen LogP contribution in [0.2, 0.25) is 0 Å². The Labute approximate surface area is 218 Å². The number of fused-ring (bicyclic) bond motifs is 6. The number of imide groups is 1. The highest BCUT2D eigenvalue weighted by Crippen LogP contribution is 2.56. The highest BCUT2D eigenvalue weighted by molar-refractivity contribution is 7.13. The van der Waals surface area contributed by atoms with Crippen molar-refractivity contribution in [2.75, 3.05) is 44.2 Å². The van der Waals surface area contributed by atoms with Crippen molar-refractivity contribution >= 4 is 39.3 Å². The van der Waals surface area contributed by atoms with E-state index in [4.69, 9.17) is 4.37 Å². The molecule has 0 radical (unpaired) electrons. The topological polar surface area (TPSA) is 56.8 Å². The molecule has 7 rings (SSSR count). The first-order valence-electron chi connectivity index (χ1n) is 14.3. The Morgan fingerprint density at radius 2 is 1.47 bits per heavy atom. The van der Waals surface area contributed by atoms with E-state index in [1.54, 1.807) is 16.4 Å². The number of hydrogen-bond acceptors (Lipinski definition) is 6. The number of likely N-dealkylation sites (tertiary alicyclic amines) is 1. The minimum absolute atomic E-state index is 0.0314. The number of piperazine rings is 1. The molecule has 5 fully saturated rings. The Hall–Kier alpha value is -1.99. The maximum absolute atomic E-state index is 13.2. The summed E-state index contributed by atoms with van der Waals surface area (Å²) in [5, 5.41) is 1.28. The summed E-state index contributed by atoms with van der Waals surface area (Å²) in [4.78, 5) is 33.3. The van der Waals surface area contributed by atoms with Gasteiger partial charge >= 0.3 is 0 Å². The summed E-state index contributed by atoms with van der Waals surface area (Å²) in [6.45, 7) is 6.08. The zero-order valence-corrected chi connectivity index (χ0v) is 22.0. The molecular weight excluding hydrogens is 468 g/mol. The smallest absolute Gasteiger partial charge is 0.233 e. The van der Waals surface area contributed by atoms with E-state index in [2.05, 4.69) is 34.1 Å². The average molecular weight is 507 g/mol. The number of aromatic nitrogens is 1. The second-order valence-electron chi connectivity index (χ2n) is 12.2. The number of hydrogen-bond donors (Lipinski definition) is 0. The number of nitrogens with zero attached hydrogens (tertiary/aromatic N) is 4. The van der Waals surface area contributed by atoms with Crippen LogP contribution in [0.4, 0.5) is 5.82 Å². The lowest BCUT2D eigenvalue weighted by atomic mass is 9.81. The molecule has 2 bridgehead atoms. The van der Waals surface area contributed by atoms with Crippen molar-refractivity contribution in [3.8, 4) is 0 Å². The van der Waals surface area contributed by atoms with Gasteiger partial charge in [-0.3, -0.25) is 19.4 Å². The molecule has 2 saturated heterocycles. The molecule has 6 nitrogen and oxygen atoms in total. The van der Waals surface area contributed by atoms with Gasteiger partial charge in [0.2, 0.25) is 11.8 Å². The zero-order chi connectivity index (χ0) is 24.2. The molecule has 3 saturated carbocycles. The van der Waals surface area contributed by atoms with Crippen molar-refractivity contribution in [1.29, 1.82) is 0 Å². The van der Waals surface area contributed by atoms with Crippen molar-refractivity contribution in [2.45, 2.75) is 51.4 Å². The van der Waals surface area contributed by atoms with Gasteiger partial charge in [0.05, 0.1) is 16.5 Å². The molecule has 7 heteroatoms. The first kappa shape index (κ1) is 23.2. The summed E-state index contributed by atoms with van der Waals surface area (Å²) in [5.74, 6) is 3.72. The molecule has 2 aliphatic heterocycles. The fourth-order valence-corrected chi connectivity index (χ4v) is 9.22. The van der Waals surface area contributed by atoms with Gasteiger partial charge in [0.25, 0.3) is 0 Å². The van der Waals surface area contributed by atoms with Crippen molar-refractivity contribution in [3.05, 3.63) is 24.3 Å². The van der Waals surface area contributed by atoms with Crippen LogP contribution in [-0.4, -0.2) is 65.3 Å². The first-order valence-corrected chi connectivity index (χ1v) is 15.1. The van der Waals surface area contributed by atoms with Crippen LogP contribution >= 0.6 is 11.5 Å². The Balaban J connectivity index is 0.951. The Bertz CT molecular complexity index is 1110. The van der Waals surface area contributed by atoms with Crippen LogP contribution in [0.15, 0.2) is 24.3 Å². The van der Waals surface area contributed by atoms with Gasteiger partial charge in [-0.15, -0.1) is 0 Å². The van der Waals surface area contributed by atoms with Crippen LogP contribution in [-0.2, 0) is 9.59 Å². The first-order chi connectivity index (χ1) is 17.7. The van der Waals surface area contributed by atoms with Crippen LogP contribution in [0.5, 0.6) is 0 Å². The number of carbonyl (C=O) groups excluding carboxylic acids is 2. The molecule has 3 heterocycles. The third-order valence-electron chi connectivity index (χ3n) is 10.1. The number of benzene rings is 1. The van der Waals surface area contributed by atoms with E-state index in [9.17, 15) is 9.59 Å². The Kier molecular flexibility index (Phi) is 6.04. The van der Waals surface area contributed by atoms with Crippen LogP contribution < -0.4 is 4.90 Å². The summed E-state index contributed by atoms with van der Waals surface area (Å²) in [6.07, 6.45) is 9.58. The molecule has 0 unspecified atom stereocenters. The molecule has 36 heavy (non-hydrogen) atoms. The van der Waals surface area contributed by atoms with Gasteiger partial charge in [0.15, 0.2) is 0 Å². The fourth-order valence-electron chi connectivity index (χ4n) is 8.42. The normalized spacial score (nSPS) is 35.1. The number of carbonyl (C=O) groups is 2. The van der Waals surface area contributed by atoms with Crippen LogP contribution in [0, 0.1) is 35.5 Å². The summed E-state index contributed by atoms with van der Waals surface area (Å²) >= 11 is 1.60. The summed E-state index contributed by atoms with van der Waals surface area (Å²) in [6, 6.07) is 8.56. The van der Waals surface area contributed by atoms with Gasteiger partial charge in [-0.05, 0) is 85.9 Å². The Morgan fingerprint density at radius 3 is 2.19 bits per heavy atom. The molecule has 192 valence electrons. The third kappa shape index (κ3) is 3.97. The standard InChI is InChI=1S/C29H38N4O2S/c34-28-25-21-9-10-22(16-21)26(25)29(35)33(28)18-20-6-2-1-5-19(15-20)17-31-11-13-32(14-12-31)27-23-7-3-4-8-24(23)36-30-27/h3-4,7-8,19-22,25-26H,1-2,5-6,9-18H2/t19-,20-,21+,22+,25-,26+/m1/s1. The zero-order valence-electron chi connectivity index (χ0n) is 21.2. The maximum atomic E-state index is 13.2.